The fraction of sp³-hybridized carbons (Fsp3) is 0.417. The molecule has 0 aromatic heterocycles. The molecule has 80 valence electrons. The van der Waals surface area contributed by atoms with Crippen molar-refractivity contribution in [3.63, 3.8) is 0 Å². The van der Waals surface area contributed by atoms with E-state index in [1.165, 1.54) is 11.3 Å². The molecule has 0 bridgehead atoms. The van der Waals surface area contributed by atoms with E-state index >= 15 is 0 Å². The van der Waals surface area contributed by atoms with Gasteiger partial charge in [0.05, 0.1) is 0 Å². The molecule has 1 aromatic rings. The van der Waals surface area contributed by atoms with Crippen LogP contribution >= 0.6 is 0 Å². The van der Waals surface area contributed by atoms with Gasteiger partial charge in [-0.1, -0.05) is 18.2 Å². The minimum Gasteiger partial charge on any atom is -0.306 e. The second-order valence-corrected chi connectivity index (χ2v) is 4.01. The third-order valence-corrected chi connectivity index (χ3v) is 2.94. The summed E-state index contributed by atoms with van der Waals surface area (Å²) < 4.78 is 0. The standard InChI is InChI=1S/C12H17N3/c1-9-7-5-6-8-12(9)15-10(2)13-14(4)11(15)3/h5-8,11H,1-4H3. The van der Waals surface area contributed by atoms with Gasteiger partial charge in [-0.05, 0) is 32.4 Å². The molecule has 0 radical (unpaired) electrons. The van der Waals surface area contributed by atoms with Gasteiger partial charge in [0.2, 0.25) is 0 Å². The van der Waals surface area contributed by atoms with E-state index in [0.29, 0.717) is 6.17 Å². The van der Waals surface area contributed by atoms with Gasteiger partial charge in [0.25, 0.3) is 0 Å². The highest BCUT2D eigenvalue weighted by atomic mass is 15.6. The van der Waals surface area contributed by atoms with Crippen molar-refractivity contribution in [3.8, 4) is 0 Å². The Morgan fingerprint density at radius 1 is 1.20 bits per heavy atom. The highest BCUT2D eigenvalue weighted by molar-refractivity contribution is 5.98. The molecule has 1 heterocycles. The highest BCUT2D eigenvalue weighted by Gasteiger charge is 2.27. The Labute approximate surface area is 91.0 Å². The summed E-state index contributed by atoms with van der Waals surface area (Å²) in [6.45, 7) is 6.34. The van der Waals surface area contributed by atoms with Crippen LogP contribution in [0.3, 0.4) is 0 Å². The number of anilines is 1. The second kappa shape index (κ2) is 3.57. The van der Waals surface area contributed by atoms with E-state index in [9.17, 15) is 0 Å². The summed E-state index contributed by atoms with van der Waals surface area (Å²) in [6, 6.07) is 8.41. The fourth-order valence-electron chi connectivity index (χ4n) is 2.01. The topological polar surface area (TPSA) is 18.8 Å². The molecular weight excluding hydrogens is 186 g/mol. The number of para-hydroxylation sites is 1. The molecule has 1 unspecified atom stereocenters. The van der Waals surface area contributed by atoms with Crippen molar-refractivity contribution >= 4 is 11.5 Å². The number of nitrogens with zero attached hydrogens (tertiary/aromatic N) is 3. The van der Waals surface area contributed by atoms with E-state index in [-0.39, 0.29) is 0 Å². The molecule has 0 saturated carbocycles. The van der Waals surface area contributed by atoms with Gasteiger partial charge >= 0.3 is 0 Å². The summed E-state index contributed by atoms with van der Waals surface area (Å²) in [5, 5.41) is 6.43. The zero-order chi connectivity index (χ0) is 11.0. The lowest BCUT2D eigenvalue weighted by atomic mass is 10.1. The van der Waals surface area contributed by atoms with Crippen LogP contribution < -0.4 is 4.90 Å². The molecule has 1 aromatic carbocycles. The van der Waals surface area contributed by atoms with Crippen LogP contribution in [0.2, 0.25) is 0 Å². The van der Waals surface area contributed by atoms with E-state index < -0.39 is 0 Å². The van der Waals surface area contributed by atoms with E-state index in [0.717, 1.165) is 5.84 Å². The van der Waals surface area contributed by atoms with Gasteiger partial charge in [0.15, 0.2) is 0 Å². The summed E-state index contributed by atoms with van der Waals surface area (Å²) >= 11 is 0. The van der Waals surface area contributed by atoms with Gasteiger partial charge in [-0.3, -0.25) is 5.01 Å². The van der Waals surface area contributed by atoms with E-state index in [1.54, 1.807) is 0 Å². The van der Waals surface area contributed by atoms with Gasteiger partial charge in [-0.25, -0.2) is 0 Å². The SMILES string of the molecule is CC1=NN(C)C(C)N1c1ccccc1C. The molecule has 15 heavy (non-hydrogen) atoms. The average Bonchev–Trinajstić information content (AvgIpc) is 2.43. The normalized spacial score (nSPS) is 20.8. The molecule has 0 N–H and O–H groups in total. The van der Waals surface area contributed by atoms with Crippen LogP contribution in [0.4, 0.5) is 5.69 Å². The third-order valence-electron chi connectivity index (χ3n) is 2.94. The van der Waals surface area contributed by atoms with Crippen LogP contribution in [-0.4, -0.2) is 24.1 Å². The Kier molecular flexibility index (Phi) is 2.39. The quantitative estimate of drug-likeness (QED) is 0.698. The number of hydrazone groups is 1. The number of benzene rings is 1. The smallest absolute Gasteiger partial charge is 0.128 e. The Hall–Kier alpha value is -1.51. The van der Waals surface area contributed by atoms with Crippen LogP contribution in [0.25, 0.3) is 0 Å². The first-order valence-corrected chi connectivity index (χ1v) is 5.24. The zero-order valence-corrected chi connectivity index (χ0v) is 9.73. The fourth-order valence-corrected chi connectivity index (χ4v) is 2.01. The van der Waals surface area contributed by atoms with Crippen molar-refractivity contribution in [2.24, 2.45) is 5.10 Å². The van der Waals surface area contributed by atoms with Crippen LogP contribution in [0.15, 0.2) is 29.4 Å². The summed E-state index contributed by atoms with van der Waals surface area (Å²) in [5.74, 6) is 1.05. The lowest BCUT2D eigenvalue weighted by Gasteiger charge is -2.27. The highest BCUT2D eigenvalue weighted by Crippen LogP contribution is 2.26. The lowest BCUT2D eigenvalue weighted by molar-refractivity contribution is 0.304. The Morgan fingerprint density at radius 3 is 2.40 bits per heavy atom. The maximum Gasteiger partial charge on any atom is 0.128 e. The monoisotopic (exact) mass is 203 g/mol. The first-order valence-electron chi connectivity index (χ1n) is 5.24. The summed E-state index contributed by atoms with van der Waals surface area (Å²) in [4.78, 5) is 2.26. The molecule has 0 aliphatic carbocycles. The predicted octanol–water partition coefficient (Wildman–Crippen LogP) is 2.43. The molecular formula is C12H17N3. The molecule has 1 atom stereocenters. The minimum atomic E-state index is 0.297. The number of aryl methyl sites for hydroxylation is 1. The molecule has 3 heteroatoms. The van der Waals surface area contributed by atoms with E-state index in [1.807, 2.05) is 19.0 Å². The van der Waals surface area contributed by atoms with E-state index in [4.69, 9.17) is 0 Å². The van der Waals surface area contributed by atoms with Crippen LogP contribution in [0.1, 0.15) is 19.4 Å². The van der Waals surface area contributed by atoms with Gasteiger partial charge < -0.3 is 4.90 Å². The molecule has 3 nitrogen and oxygen atoms in total. The Bertz CT molecular complexity index is 398. The zero-order valence-electron chi connectivity index (χ0n) is 9.73. The van der Waals surface area contributed by atoms with Gasteiger partial charge in [-0.15, -0.1) is 0 Å². The number of hydrogen-bond acceptors (Lipinski definition) is 3. The summed E-state index contributed by atoms with van der Waals surface area (Å²) in [5.41, 5.74) is 2.53. The maximum atomic E-state index is 4.44. The molecule has 0 amide bonds. The van der Waals surface area contributed by atoms with Crippen molar-refractivity contribution in [1.29, 1.82) is 0 Å². The summed E-state index contributed by atoms with van der Waals surface area (Å²) in [6.07, 6.45) is 0.297. The molecule has 1 aliphatic heterocycles. The van der Waals surface area contributed by atoms with Crippen LogP contribution in [-0.2, 0) is 0 Å². The van der Waals surface area contributed by atoms with Crippen LogP contribution in [0, 0.1) is 6.92 Å². The largest absolute Gasteiger partial charge is 0.306 e. The van der Waals surface area contributed by atoms with Gasteiger partial charge in [0, 0.05) is 12.7 Å². The average molecular weight is 203 g/mol. The van der Waals surface area contributed by atoms with Gasteiger partial charge in [0.1, 0.15) is 12.0 Å². The van der Waals surface area contributed by atoms with Crippen molar-refractivity contribution in [2.45, 2.75) is 26.9 Å². The second-order valence-electron chi connectivity index (χ2n) is 4.01. The maximum absolute atomic E-state index is 4.44. The minimum absolute atomic E-state index is 0.297. The van der Waals surface area contributed by atoms with Crippen molar-refractivity contribution in [3.05, 3.63) is 29.8 Å². The Balaban J connectivity index is 2.40. The third kappa shape index (κ3) is 1.58. The van der Waals surface area contributed by atoms with Crippen LogP contribution in [0.5, 0.6) is 0 Å². The first-order chi connectivity index (χ1) is 7.11. The molecule has 2 rings (SSSR count). The number of hydrogen-bond donors (Lipinski definition) is 0. The van der Waals surface area contributed by atoms with Crippen molar-refractivity contribution in [1.82, 2.24) is 5.01 Å². The van der Waals surface area contributed by atoms with Gasteiger partial charge in [-0.2, -0.15) is 5.10 Å². The molecule has 0 fully saturated rings. The van der Waals surface area contributed by atoms with Crippen molar-refractivity contribution < 1.29 is 0 Å². The molecule has 1 aliphatic rings. The number of rotatable bonds is 1. The Morgan fingerprint density at radius 2 is 1.87 bits per heavy atom. The predicted molar refractivity (Wildman–Crippen MR) is 64.0 cm³/mol. The lowest BCUT2D eigenvalue weighted by Crippen LogP contribution is -2.38. The van der Waals surface area contributed by atoms with E-state index in [2.05, 4.69) is 48.1 Å². The van der Waals surface area contributed by atoms with Crippen molar-refractivity contribution in [2.75, 3.05) is 11.9 Å². The molecule has 0 saturated heterocycles. The summed E-state index contributed by atoms with van der Waals surface area (Å²) in [7, 11) is 2.01. The molecule has 0 spiro atoms. The number of amidine groups is 1. The first kappa shape index (κ1) is 10.0.